The lowest BCUT2D eigenvalue weighted by Gasteiger charge is -2.27. The zero-order valence-corrected chi connectivity index (χ0v) is 19.6. The second kappa shape index (κ2) is 9.99. The Hall–Kier alpha value is -2.46. The second-order valence-corrected chi connectivity index (χ2v) is 9.65. The molecular formula is C24H21Cl2N3O2S. The van der Waals surface area contributed by atoms with Crippen molar-refractivity contribution in [2.75, 3.05) is 18.0 Å². The Morgan fingerprint density at radius 3 is 2.47 bits per heavy atom. The van der Waals surface area contributed by atoms with Gasteiger partial charge in [-0.25, -0.2) is 0 Å². The number of anilines is 1. The van der Waals surface area contributed by atoms with Crippen LogP contribution in [0.2, 0.25) is 10.0 Å². The van der Waals surface area contributed by atoms with E-state index < -0.39 is 5.25 Å². The molecule has 0 bridgehead atoms. The van der Waals surface area contributed by atoms with Crippen molar-refractivity contribution in [3.63, 3.8) is 0 Å². The number of halogens is 2. The van der Waals surface area contributed by atoms with Crippen LogP contribution < -0.4 is 4.90 Å². The highest BCUT2D eigenvalue weighted by atomic mass is 35.5. The van der Waals surface area contributed by atoms with Gasteiger partial charge in [0.25, 0.3) is 5.91 Å². The van der Waals surface area contributed by atoms with Crippen molar-refractivity contribution >= 4 is 52.5 Å². The van der Waals surface area contributed by atoms with Crippen LogP contribution in [0.1, 0.15) is 24.8 Å². The van der Waals surface area contributed by atoms with E-state index in [2.05, 4.69) is 6.07 Å². The lowest BCUT2D eigenvalue weighted by atomic mass is 10.1. The number of nitrogens with zero attached hydrogens (tertiary/aromatic N) is 3. The third-order valence-electron chi connectivity index (χ3n) is 5.59. The molecule has 32 heavy (non-hydrogen) atoms. The maximum Gasteiger partial charge on any atom is 0.267 e. The Labute approximate surface area is 201 Å². The molecule has 164 valence electrons. The van der Waals surface area contributed by atoms with Crippen LogP contribution in [0.25, 0.3) is 0 Å². The molecule has 2 aromatic rings. The first-order valence-corrected chi connectivity index (χ1v) is 12.1. The highest BCUT2D eigenvalue weighted by Gasteiger charge is 2.41. The Kier molecular flexibility index (Phi) is 7.10. The highest BCUT2D eigenvalue weighted by Crippen LogP contribution is 2.43. The van der Waals surface area contributed by atoms with E-state index in [1.807, 2.05) is 24.3 Å². The smallest absolute Gasteiger partial charge is 0.267 e. The van der Waals surface area contributed by atoms with Crippen LogP contribution in [-0.2, 0) is 16.0 Å². The summed E-state index contributed by atoms with van der Waals surface area (Å²) in [5, 5.41) is 10.6. The summed E-state index contributed by atoms with van der Waals surface area (Å²) >= 11 is 13.8. The molecule has 4 rings (SSSR count). The number of carbonyl (C=O) groups is 2. The van der Waals surface area contributed by atoms with Gasteiger partial charge in [0.05, 0.1) is 15.3 Å². The zero-order chi connectivity index (χ0) is 22.7. The van der Waals surface area contributed by atoms with Gasteiger partial charge >= 0.3 is 0 Å². The van der Waals surface area contributed by atoms with Gasteiger partial charge in [-0.1, -0.05) is 65.3 Å². The molecule has 1 atom stereocenters. The number of nitriles is 1. The summed E-state index contributed by atoms with van der Waals surface area (Å²) in [6.07, 6.45) is 3.26. The molecule has 2 heterocycles. The average Bonchev–Trinajstić information content (AvgIpc) is 3.14. The molecule has 0 aromatic heterocycles. The molecule has 0 unspecified atom stereocenters. The molecule has 2 aliphatic rings. The molecule has 2 aliphatic heterocycles. The molecule has 2 amide bonds. The minimum Gasteiger partial charge on any atom is -0.338 e. The van der Waals surface area contributed by atoms with Crippen LogP contribution in [-0.4, -0.2) is 35.1 Å². The summed E-state index contributed by atoms with van der Waals surface area (Å²) in [4.78, 5) is 29.9. The predicted molar refractivity (Wildman–Crippen MR) is 129 cm³/mol. The third kappa shape index (κ3) is 4.52. The molecule has 2 saturated heterocycles. The zero-order valence-electron chi connectivity index (χ0n) is 17.3. The van der Waals surface area contributed by atoms with Gasteiger partial charge < -0.3 is 4.90 Å². The summed E-state index contributed by atoms with van der Waals surface area (Å²) in [6.45, 7) is 1.26. The van der Waals surface area contributed by atoms with E-state index in [0.717, 1.165) is 24.8 Å². The number of carbonyl (C=O) groups excluding carboxylic acids is 2. The maximum atomic E-state index is 13.5. The van der Waals surface area contributed by atoms with E-state index in [1.165, 1.54) is 16.7 Å². The maximum absolute atomic E-state index is 13.5. The number of piperidine rings is 1. The van der Waals surface area contributed by atoms with Crippen LogP contribution in [0.3, 0.4) is 0 Å². The minimum atomic E-state index is -0.529. The average molecular weight is 486 g/mol. The molecule has 2 fully saturated rings. The van der Waals surface area contributed by atoms with Crippen molar-refractivity contribution in [2.24, 2.45) is 0 Å². The van der Waals surface area contributed by atoms with Crippen LogP contribution in [0, 0.1) is 11.3 Å². The van der Waals surface area contributed by atoms with E-state index in [4.69, 9.17) is 23.2 Å². The van der Waals surface area contributed by atoms with Crippen LogP contribution in [0.4, 0.5) is 5.69 Å². The molecule has 0 saturated carbocycles. The van der Waals surface area contributed by atoms with E-state index in [-0.39, 0.29) is 17.4 Å². The van der Waals surface area contributed by atoms with E-state index in [9.17, 15) is 14.9 Å². The van der Waals surface area contributed by atoms with E-state index in [1.54, 1.807) is 29.2 Å². The van der Waals surface area contributed by atoms with Gasteiger partial charge in [0, 0.05) is 18.8 Å². The Balaban J connectivity index is 1.74. The predicted octanol–water partition coefficient (Wildman–Crippen LogP) is 5.43. The molecule has 8 heteroatoms. The summed E-state index contributed by atoms with van der Waals surface area (Å²) in [5.74, 6) is -0.503. The van der Waals surface area contributed by atoms with Crippen LogP contribution >= 0.6 is 35.0 Å². The van der Waals surface area contributed by atoms with Crippen molar-refractivity contribution in [1.82, 2.24) is 4.90 Å². The summed E-state index contributed by atoms with van der Waals surface area (Å²) in [5.41, 5.74) is 1.38. The first-order valence-electron chi connectivity index (χ1n) is 10.4. The second-order valence-electron chi connectivity index (χ2n) is 7.68. The monoisotopic (exact) mass is 485 g/mol. The summed E-state index contributed by atoms with van der Waals surface area (Å²) in [6, 6.07) is 16.5. The van der Waals surface area contributed by atoms with Crippen molar-refractivity contribution in [3.05, 3.63) is 74.7 Å². The van der Waals surface area contributed by atoms with Gasteiger partial charge in [-0.2, -0.15) is 5.26 Å². The molecule has 5 nitrogen and oxygen atoms in total. The topological polar surface area (TPSA) is 64.4 Å². The molecule has 0 radical (unpaired) electrons. The lowest BCUT2D eigenvalue weighted by molar-refractivity contribution is -0.127. The van der Waals surface area contributed by atoms with Crippen molar-refractivity contribution in [3.8, 4) is 6.07 Å². The molecule has 0 spiro atoms. The molecule has 0 N–H and O–H groups in total. The number of benzene rings is 2. The number of hydrogen-bond donors (Lipinski definition) is 0. The first kappa shape index (κ1) is 22.7. The number of amides is 2. The molecule has 0 aliphatic carbocycles. The fraction of sp³-hybridized carbons (Fsp3) is 0.292. The SMILES string of the molecule is N#C/C(C(=O)N1CCCCC1)=C1\S[C@H](Cc2cccc(Cl)c2Cl)C(=O)N1c1ccccc1. The Morgan fingerprint density at radius 2 is 1.78 bits per heavy atom. The van der Waals surface area contributed by atoms with Crippen molar-refractivity contribution in [1.29, 1.82) is 5.26 Å². The summed E-state index contributed by atoms with van der Waals surface area (Å²) in [7, 11) is 0. The molecular weight excluding hydrogens is 465 g/mol. The Bertz CT molecular complexity index is 1110. The standard InChI is InChI=1S/C24H21Cl2N3O2S/c25-19-11-7-8-16(21(19)26)14-20-23(31)29(17-9-3-1-4-10-17)24(32-20)18(15-27)22(30)28-12-5-2-6-13-28/h1,3-4,7-11,20H,2,5-6,12-14H2/b24-18+/t20-/m1/s1. The van der Waals surface area contributed by atoms with E-state index >= 15 is 0 Å². The largest absolute Gasteiger partial charge is 0.338 e. The number of thioether (sulfide) groups is 1. The normalized spacial score (nSPS) is 20.3. The van der Waals surface area contributed by atoms with Crippen molar-refractivity contribution < 1.29 is 9.59 Å². The van der Waals surface area contributed by atoms with Gasteiger partial charge in [0.1, 0.15) is 16.7 Å². The van der Waals surface area contributed by atoms with Gasteiger partial charge in [-0.05, 0) is 49.4 Å². The first-order chi connectivity index (χ1) is 15.5. The van der Waals surface area contributed by atoms with Crippen LogP contribution in [0.5, 0.6) is 0 Å². The summed E-state index contributed by atoms with van der Waals surface area (Å²) < 4.78 is 0. The number of rotatable bonds is 4. The quantitative estimate of drug-likeness (QED) is 0.427. The van der Waals surface area contributed by atoms with Gasteiger partial charge in [0.2, 0.25) is 5.91 Å². The van der Waals surface area contributed by atoms with E-state index in [0.29, 0.717) is 40.3 Å². The number of para-hydroxylation sites is 1. The van der Waals surface area contributed by atoms with Gasteiger partial charge in [0.15, 0.2) is 0 Å². The van der Waals surface area contributed by atoms with Gasteiger partial charge in [-0.15, -0.1) is 0 Å². The molecule has 2 aromatic carbocycles. The highest BCUT2D eigenvalue weighted by molar-refractivity contribution is 8.05. The van der Waals surface area contributed by atoms with Gasteiger partial charge in [-0.3, -0.25) is 14.5 Å². The fourth-order valence-corrected chi connectivity index (χ4v) is 5.64. The fourth-order valence-electron chi connectivity index (χ4n) is 3.95. The lowest BCUT2D eigenvalue weighted by Crippen LogP contribution is -2.37. The minimum absolute atomic E-state index is 0.00814. The van der Waals surface area contributed by atoms with Crippen LogP contribution in [0.15, 0.2) is 59.1 Å². The van der Waals surface area contributed by atoms with Crippen molar-refractivity contribution in [2.45, 2.75) is 30.9 Å². The number of hydrogen-bond acceptors (Lipinski definition) is 4. The third-order valence-corrected chi connectivity index (χ3v) is 7.71. The Morgan fingerprint density at radius 1 is 1.06 bits per heavy atom. The number of likely N-dealkylation sites (tertiary alicyclic amines) is 1.